The van der Waals surface area contributed by atoms with E-state index in [0.717, 1.165) is 24.5 Å². The number of aromatic nitrogens is 3. The maximum Gasteiger partial charge on any atom is 0.109 e. The molecule has 0 aromatic carbocycles. The quantitative estimate of drug-likeness (QED) is 0.827. The van der Waals surface area contributed by atoms with Crippen LogP contribution in [0.4, 0.5) is 0 Å². The summed E-state index contributed by atoms with van der Waals surface area (Å²) in [6.45, 7) is 2.22. The van der Waals surface area contributed by atoms with Crippen LogP contribution >= 0.6 is 0 Å². The summed E-state index contributed by atoms with van der Waals surface area (Å²) >= 11 is 0. The number of aromatic amines is 1. The monoisotopic (exact) mass is 230 g/mol. The Morgan fingerprint density at radius 2 is 2.41 bits per heavy atom. The fourth-order valence-corrected chi connectivity index (χ4v) is 2.59. The van der Waals surface area contributed by atoms with Gasteiger partial charge in [-0.15, -0.1) is 0 Å². The zero-order valence-electron chi connectivity index (χ0n) is 10.1. The van der Waals surface area contributed by atoms with Gasteiger partial charge in [0.1, 0.15) is 5.69 Å². The largest absolute Gasteiger partial charge is 0.360 e. The normalized spacial score (nSPS) is 20.6. The van der Waals surface area contributed by atoms with E-state index in [1.165, 1.54) is 18.5 Å². The van der Waals surface area contributed by atoms with Gasteiger partial charge in [-0.25, -0.2) is 0 Å². The summed E-state index contributed by atoms with van der Waals surface area (Å²) in [4.78, 5) is 3.21. The fraction of sp³-hybridized carbons (Fsp3) is 0.462. The molecule has 1 atom stereocenters. The molecule has 3 rings (SSSR count). The minimum absolute atomic E-state index is 0.602. The lowest BCUT2D eigenvalue weighted by Crippen LogP contribution is -2.29. The molecule has 0 bridgehead atoms. The van der Waals surface area contributed by atoms with Gasteiger partial charge in [-0.2, -0.15) is 5.10 Å². The van der Waals surface area contributed by atoms with Crippen LogP contribution in [0.15, 0.2) is 24.4 Å². The molecule has 1 aliphatic heterocycles. The maximum absolute atomic E-state index is 4.59. The highest BCUT2D eigenvalue weighted by atomic mass is 15.3. The maximum atomic E-state index is 4.59. The first kappa shape index (κ1) is 10.6. The fourth-order valence-electron chi connectivity index (χ4n) is 2.59. The number of aryl methyl sites for hydroxylation is 1. The lowest BCUT2D eigenvalue weighted by molar-refractivity contribution is 0.441. The minimum atomic E-state index is 0.602. The van der Waals surface area contributed by atoms with Crippen molar-refractivity contribution in [2.24, 2.45) is 7.05 Å². The van der Waals surface area contributed by atoms with Crippen LogP contribution in [0.1, 0.15) is 24.5 Å². The molecule has 4 heteroatoms. The van der Waals surface area contributed by atoms with Crippen molar-refractivity contribution in [1.82, 2.24) is 20.1 Å². The molecule has 2 aromatic rings. The smallest absolute Gasteiger partial charge is 0.109 e. The van der Waals surface area contributed by atoms with Gasteiger partial charge < -0.3 is 10.3 Å². The molecule has 1 fully saturated rings. The first-order valence-electron chi connectivity index (χ1n) is 6.23. The van der Waals surface area contributed by atoms with Gasteiger partial charge in [0.2, 0.25) is 0 Å². The third-order valence-corrected chi connectivity index (χ3v) is 3.51. The van der Waals surface area contributed by atoms with Gasteiger partial charge in [-0.05, 0) is 37.6 Å². The summed E-state index contributed by atoms with van der Waals surface area (Å²) in [6, 6.07) is 6.28. The van der Waals surface area contributed by atoms with E-state index in [-0.39, 0.29) is 0 Å². The predicted octanol–water partition coefficient (Wildman–Crippen LogP) is 1.88. The van der Waals surface area contributed by atoms with Gasteiger partial charge in [-0.3, -0.25) is 4.68 Å². The van der Waals surface area contributed by atoms with Crippen molar-refractivity contribution in [1.29, 1.82) is 0 Å². The Morgan fingerprint density at radius 1 is 1.47 bits per heavy atom. The van der Waals surface area contributed by atoms with Crippen LogP contribution in [0.5, 0.6) is 0 Å². The van der Waals surface area contributed by atoms with Crippen molar-refractivity contribution >= 4 is 0 Å². The van der Waals surface area contributed by atoms with Crippen molar-refractivity contribution in [3.63, 3.8) is 0 Å². The van der Waals surface area contributed by atoms with Gasteiger partial charge in [0, 0.05) is 31.4 Å². The van der Waals surface area contributed by atoms with Gasteiger partial charge >= 0.3 is 0 Å². The highest BCUT2D eigenvalue weighted by molar-refractivity contribution is 5.54. The van der Waals surface area contributed by atoms with Crippen molar-refractivity contribution in [2.45, 2.75) is 18.8 Å². The molecule has 0 aliphatic carbocycles. The van der Waals surface area contributed by atoms with E-state index in [1.54, 1.807) is 0 Å². The summed E-state index contributed by atoms with van der Waals surface area (Å²) in [5.41, 5.74) is 3.47. The molecule has 0 amide bonds. The molecule has 0 spiro atoms. The molecule has 3 heterocycles. The second-order valence-electron chi connectivity index (χ2n) is 4.71. The number of hydrogen-bond acceptors (Lipinski definition) is 2. The zero-order valence-corrected chi connectivity index (χ0v) is 10.1. The molecular weight excluding hydrogens is 212 g/mol. The average Bonchev–Trinajstić information content (AvgIpc) is 2.99. The van der Waals surface area contributed by atoms with Crippen LogP contribution in [0, 0.1) is 0 Å². The Bertz CT molecular complexity index is 477. The summed E-state index contributed by atoms with van der Waals surface area (Å²) in [5.74, 6) is 0.602. The standard InChI is InChI=1S/C13H18N4/c1-17-13(10-4-2-6-14-9-10)8-12(16-17)11-5-3-7-15-11/h3,5,7-8,10,14-15H,2,4,6,9H2,1H3. The second kappa shape index (κ2) is 4.37. The van der Waals surface area contributed by atoms with Crippen LogP contribution in [-0.4, -0.2) is 27.9 Å². The number of hydrogen-bond donors (Lipinski definition) is 2. The number of piperidine rings is 1. The molecule has 0 saturated carbocycles. The van der Waals surface area contributed by atoms with E-state index >= 15 is 0 Å². The van der Waals surface area contributed by atoms with Crippen molar-refractivity contribution in [3.8, 4) is 11.4 Å². The molecule has 90 valence electrons. The Morgan fingerprint density at radius 3 is 3.12 bits per heavy atom. The molecule has 4 nitrogen and oxygen atoms in total. The average molecular weight is 230 g/mol. The third-order valence-electron chi connectivity index (χ3n) is 3.51. The lowest BCUT2D eigenvalue weighted by Gasteiger charge is -2.22. The predicted molar refractivity (Wildman–Crippen MR) is 67.8 cm³/mol. The van der Waals surface area contributed by atoms with Gasteiger partial charge in [-0.1, -0.05) is 0 Å². The first-order valence-corrected chi connectivity index (χ1v) is 6.23. The Balaban J connectivity index is 1.90. The second-order valence-corrected chi connectivity index (χ2v) is 4.71. The SMILES string of the molecule is Cn1nc(-c2ccc[nH]2)cc1C1CCCNC1. The first-order chi connectivity index (χ1) is 8.34. The van der Waals surface area contributed by atoms with E-state index in [1.807, 2.05) is 24.0 Å². The lowest BCUT2D eigenvalue weighted by atomic mass is 9.96. The topological polar surface area (TPSA) is 45.6 Å². The number of rotatable bonds is 2. The molecular formula is C13H18N4. The van der Waals surface area contributed by atoms with Crippen molar-refractivity contribution < 1.29 is 0 Å². The summed E-state index contributed by atoms with van der Waals surface area (Å²) in [7, 11) is 2.04. The molecule has 1 saturated heterocycles. The van der Waals surface area contributed by atoms with Crippen LogP contribution in [0.3, 0.4) is 0 Å². The molecule has 0 radical (unpaired) electrons. The number of nitrogens with one attached hydrogen (secondary N) is 2. The van der Waals surface area contributed by atoms with E-state index in [2.05, 4.69) is 27.5 Å². The summed E-state index contributed by atoms with van der Waals surface area (Å²) in [6.07, 6.45) is 4.45. The zero-order chi connectivity index (χ0) is 11.7. The Labute approximate surface area is 101 Å². The highest BCUT2D eigenvalue weighted by Crippen LogP contribution is 2.26. The summed E-state index contributed by atoms with van der Waals surface area (Å²) < 4.78 is 2.02. The molecule has 1 aliphatic rings. The van der Waals surface area contributed by atoms with Crippen LogP contribution < -0.4 is 5.32 Å². The molecule has 1 unspecified atom stereocenters. The Kier molecular flexibility index (Phi) is 2.73. The van der Waals surface area contributed by atoms with Crippen molar-refractivity contribution in [2.75, 3.05) is 13.1 Å². The third kappa shape index (κ3) is 2.00. The van der Waals surface area contributed by atoms with E-state index in [0.29, 0.717) is 5.92 Å². The molecule has 17 heavy (non-hydrogen) atoms. The van der Waals surface area contributed by atoms with Gasteiger partial charge in [0.05, 0.1) is 5.69 Å². The molecule has 2 aromatic heterocycles. The van der Waals surface area contributed by atoms with Crippen LogP contribution in [0.25, 0.3) is 11.4 Å². The van der Waals surface area contributed by atoms with E-state index < -0.39 is 0 Å². The number of nitrogens with zero attached hydrogens (tertiary/aromatic N) is 2. The van der Waals surface area contributed by atoms with E-state index in [4.69, 9.17) is 0 Å². The van der Waals surface area contributed by atoms with Crippen molar-refractivity contribution in [3.05, 3.63) is 30.1 Å². The minimum Gasteiger partial charge on any atom is -0.360 e. The highest BCUT2D eigenvalue weighted by Gasteiger charge is 2.19. The van der Waals surface area contributed by atoms with Crippen LogP contribution in [0.2, 0.25) is 0 Å². The van der Waals surface area contributed by atoms with Gasteiger partial charge in [0.15, 0.2) is 0 Å². The Hall–Kier alpha value is -1.55. The number of H-pyrrole nitrogens is 1. The van der Waals surface area contributed by atoms with E-state index in [9.17, 15) is 0 Å². The van der Waals surface area contributed by atoms with Crippen LogP contribution in [-0.2, 0) is 7.05 Å². The van der Waals surface area contributed by atoms with Gasteiger partial charge in [0.25, 0.3) is 0 Å². The summed E-state index contributed by atoms with van der Waals surface area (Å²) in [5, 5.41) is 8.04. The molecule has 2 N–H and O–H groups in total.